The molecule has 0 saturated carbocycles. The van der Waals surface area contributed by atoms with Gasteiger partial charge in [-0.2, -0.15) is 0 Å². The minimum Gasteiger partial charge on any atom is -0.325 e. The van der Waals surface area contributed by atoms with Gasteiger partial charge in [0.15, 0.2) is 0 Å². The molecule has 1 aliphatic heterocycles. The minimum atomic E-state index is 0.0154. The van der Waals surface area contributed by atoms with Gasteiger partial charge in [-0.05, 0) is 24.7 Å². The first-order valence-corrected chi connectivity index (χ1v) is 7.90. The Morgan fingerprint density at radius 2 is 1.91 bits per heavy atom. The van der Waals surface area contributed by atoms with Crippen molar-refractivity contribution in [2.24, 2.45) is 0 Å². The fraction of sp³-hybridized carbons (Fsp3) is 0.333. The molecule has 1 amide bonds. The molecule has 0 aliphatic carbocycles. The number of likely N-dealkylation sites (N-methyl/N-ethyl adjacent to an activating group) is 1. The van der Waals surface area contributed by atoms with Gasteiger partial charge in [0.05, 0.1) is 6.54 Å². The van der Waals surface area contributed by atoms with E-state index >= 15 is 0 Å². The Morgan fingerprint density at radius 3 is 2.65 bits per heavy atom. The van der Waals surface area contributed by atoms with Gasteiger partial charge in [0, 0.05) is 43.8 Å². The normalized spacial score (nSPS) is 19.4. The topological polar surface area (TPSA) is 48.5 Å². The molecular formula is C18H22N4O. The molecule has 1 fully saturated rings. The Labute approximate surface area is 136 Å². The van der Waals surface area contributed by atoms with Crippen LogP contribution in [0.25, 0.3) is 0 Å². The third-order valence-electron chi connectivity index (χ3n) is 4.19. The maximum atomic E-state index is 12.4. The lowest BCUT2D eigenvalue weighted by molar-refractivity contribution is -0.118. The van der Waals surface area contributed by atoms with Crippen molar-refractivity contribution in [3.05, 3.63) is 60.4 Å². The molecule has 2 aromatic rings. The van der Waals surface area contributed by atoms with E-state index in [0.29, 0.717) is 6.54 Å². The Balaban J connectivity index is 1.68. The van der Waals surface area contributed by atoms with Crippen molar-refractivity contribution in [1.82, 2.24) is 14.8 Å². The van der Waals surface area contributed by atoms with Crippen LogP contribution in [0.3, 0.4) is 0 Å². The zero-order valence-corrected chi connectivity index (χ0v) is 13.4. The molecule has 5 heteroatoms. The summed E-state index contributed by atoms with van der Waals surface area (Å²) >= 11 is 0. The number of hydrogen-bond acceptors (Lipinski definition) is 4. The van der Waals surface area contributed by atoms with Crippen molar-refractivity contribution in [2.75, 3.05) is 38.5 Å². The molecule has 1 saturated heterocycles. The lowest BCUT2D eigenvalue weighted by Crippen LogP contribution is -2.49. The zero-order valence-electron chi connectivity index (χ0n) is 13.4. The maximum Gasteiger partial charge on any atom is 0.238 e. The summed E-state index contributed by atoms with van der Waals surface area (Å²) in [7, 11) is 2.13. The predicted molar refractivity (Wildman–Crippen MR) is 91.1 cm³/mol. The van der Waals surface area contributed by atoms with Crippen LogP contribution in [-0.2, 0) is 4.79 Å². The van der Waals surface area contributed by atoms with Crippen molar-refractivity contribution in [1.29, 1.82) is 0 Å². The standard InChI is InChI=1S/C18H22N4O/c1-21-11-12-22(17(13-21)15-5-3-2-4-6-15)14-18(23)20-16-7-9-19-10-8-16/h2-10,17H,11-14H2,1H3,(H,19,20,23). The van der Waals surface area contributed by atoms with Crippen molar-refractivity contribution in [2.45, 2.75) is 6.04 Å². The van der Waals surface area contributed by atoms with Crippen LogP contribution in [0.15, 0.2) is 54.9 Å². The van der Waals surface area contributed by atoms with Gasteiger partial charge in [-0.15, -0.1) is 0 Å². The van der Waals surface area contributed by atoms with E-state index in [4.69, 9.17) is 0 Å². The van der Waals surface area contributed by atoms with E-state index in [9.17, 15) is 4.79 Å². The summed E-state index contributed by atoms with van der Waals surface area (Å²) in [5.74, 6) is 0.0154. The highest BCUT2D eigenvalue weighted by Gasteiger charge is 2.27. The summed E-state index contributed by atoms with van der Waals surface area (Å²) in [5, 5.41) is 2.94. The van der Waals surface area contributed by atoms with E-state index in [-0.39, 0.29) is 11.9 Å². The molecule has 1 N–H and O–H groups in total. The maximum absolute atomic E-state index is 12.4. The third kappa shape index (κ3) is 4.15. The molecule has 1 aliphatic rings. The van der Waals surface area contributed by atoms with Crippen molar-refractivity contribution in [3.8, 4) is 0 Å². The highest BCUT2D eigenvalue weighted by Crippen LogP contribution is 2.24. The molecule has 23 heavy (non-hydrogen) atoms. The molecule has 3 rings (SSSR count). The summed E-state index contributed by atoms with van der Waals surface area (Å²) < 4.78 is 0. The number of piperazine rings is 1. The number of amides is 1. The van der Waals surface area contributed by atoms with Gasteiger partial charge in [0.25, 0.3) is 0 Å². The van der Waals surface area contributed by atoms with Crippen molar-refractivity contribution < 1.29 is 4.79 Å². The van der Waals surface area contributed by atoms with Crippen LogP contribution in [0.4, 0.5) is 5.69 Å². The van der Waals surface area contributed by atoms with Crippen LogP contribution in [0.5, 0.6) is 0 Å². The largest absolute Gasteiger partial charge is 0.325 e. The molecular weight excluding hydrogens is 288 g/mol. The highest BCUT2D eigenvalue weighted by atomic mass is 16.2. The Morgan fingerprint density at radius 1 is 1.17 bits per heavy atom. The van der Waals surface area contributed by atoms with E-state index < -0.39 is 0 Å². The van der Waals surface area contributed by atoms with E-state index in [1.165, 1.54) is 5.56 Å². The summed E-state index contributed by atoms with van der Waals surface area (Å²) in [6.45, 7) is 3.20. The average molecular weight is 310 g/mol. The van der Waals surface area contributed by atoms with E-state index in [0.717, 1.165) is 25.3 Å². The summed E-state index contributed by atoms with van der Waals surface area (Å²) in [4.78, 5) is 20.9. The molecule has 0 spiro atoms. The van der Waals surface area contributed by atoms with E-state index in [1.807, 2.05) is 6.07 Å². The van der Waals surface area contributed by atoms with Gasteiger partial charge in [-0.1, -0.05) is 30.3 Å². The fourth-order valence-electron chi connectivity index (χ4n) is 2.96. The Bertz CT molecular complexity index is 632. The molecule has 0 radical (unpaired) electrons. The number of benzene rings is 1. The minimum absolute atomic E-state index is 0.0154. The monoisotopic (exact) mass is 310 g/mol. The highest BCUT2D eigenvalue weighted by molar-refractivity contribution is 5.92. The summed E-state index contributed by atoms with van der Waals surface area (Å²) in [6, 6.07) is 14.3. The average Bonchev–Trinajstić information content (AvgIpc) is 2.58. The Kier molecular flexibility index (Phi) is 5.00. The van der Waals surface area contributed by atoms with Crippen molar-refractivity contribution >= 4 is 11.6 Å². The van der Waals surface area contributed by atoms with E-state index in [2.05, 4.69) is 51.4 Å². The van der Waals surface area contributed by atoms with Gasteiger partial charge in [0.1, 0.15) is 0 Å². The number of carbonyl (C=O) groups excluding carboxylic acids is 1. The van der Waals surface area contributed by atoms with Crippen LogP contribution in [0, 0.1) is 0 Å². The quantitative estimate of drug-likeness (QED) is 0.938. The van der Waals surface area contributed by atoms with Gasteiger partial charge in [0.2, 0.25) is 5.91 Å². The lowest BCUT2D eigenvalue weighted by atomic mass is 10.0. The third-order valence-corrected chi connectivity index (χ3v) is 4.19. The zero-order chi connectivity index (χ0) is 16.1. The first-order chi connectivity index (χ1) is 11.2. The van der Waals surface area contributed by atoms with Crippen LogP contribution >= 0.6 is 0 Å². The van der Waals surface area contributed by atoms with Crippen LogP contribution in [-0.4, -0.2) is 53.9 Å². The van der Waals surface area contributed by atoms with Gasteiger partial charge < -0.3 is 10.2 Å². The number of hydrogen-bond donors (Lipinski definition) is 1. The predicted octanol–water partition coefficient (Wildman–Crippen LogP) is 2.01. The molecule has 1 atom stereocenters. The number of aromatic nitrogens is 1. The molecule has 1 unspecified atom stereocenters. The first kappa shape index (κ1) is 15.6. The smallest absolute Gasteiger partial charge is 0.238 e. The summed E-state index contributed by atoms with van der Waals surface area (Å²) in [6.07, 6.45) is 3.36. The Hall–Kier alpha value is -2.24. The number of nitrogens with one attached hydrogen (secondary N) is 1. The lowest BCUT2D eigenvalue weighted by Gasteiger charge is -2.39. The van der Waals surface area contributed by atoms with Crippen molar-refractivity contribution in [3.63, 3.8) is 0 Å². The number of carbonyl (C=O) groups is 1. The molecule has 120 valence electrons. The number of rotatable bonds is 4. The van der Waals surface area contributed by atoms with Gasteiger partial charge in [-0.3, -0.25) is 14.7 Å². The second-order valence-electron chi connectivity index (χ2n) is 5.94. The van der Waals surface area contributed by atoms with Gasteiger partial charge in [-0.25, -0.2) is 0 Å². The second-order valence-corrected chi connectivity index (χ2v) is 5.94. The number of nitrogens with zero attached hydrogens (tertiary/aromatic N) is 3. The van der Waals surface area contributed by atoms with Crippen LogP contribution in [0.1, 0.15) is 11.6 Å². The number of pyridine rings is 1. The van der Waals surface area contributed by atoms with Crippen LogP contribution in [0.2, 0.25) is 0 Å². The number of anilines is 1. The molecule has 0 bridgehead atoms. The SMILES string of the molecule is CN1CCN(CC(=O)Nc2ccncc2)C(c2ccccc2)C1. The molecule has 1 aromatic heterocycles. The van der Waals surface area contributed by atoms with Gasteiger partial charge >= 0.3 is 0 Å². The first-order valence-electron chi connectivity index (χ1n) is 7.90. The van der Waals surface area contributed by atoms with E-state index in [1.54, 1.807) is 24.5 Å². The molecule has 2 heterocycles. The summed E-state index contributed by atoms with van der Waals surface area (Å²) in [5.41, 5.74) is 2.05. The molecule has 1 aromatic carbocycles. The second kappa shape index (κ2) is 7.35. The van der Waals surface area contributed by atoms with Crippen LogP contribution < -0.4 is 5.32 Å². The fourth-order valence-corrected chi connectivity index (χ4v) is 2.96. The molecule has 5 nitrogen and oxygen atoms in total.